The smallest absolute Gasteiger partial charge is 0.461 e. The van der Waals surface area contributed by atoms with Crippen LogP contribution in [-0.2, 0) is 14.1 Å². The molecule has 1 aliphatic heterocycles. The molecule has 25 heavy (non-hydrogen) atoms. The van der Waals surface area contributed by atoms with Crippen LogP contribution in [0.3, 0.4) is 0 Å². The van der Waals surface area contributed by atoms with Crippen LogP contribution >= 0.6 is 7.82 Å². The maximum Gasteiger partial charge on any atom is 0.466 e. The largest absolute Gasteiger partial charge is 0.466 e. The van der Waals surface area contributed by atoms with Crippen molar-refractivity contribution in [2.75, 3.05) is 19.6 Å². The lowest BCUT2D eigenvalue weighted by Crippen LogP contribution is -2.40. The average Bonchev–Trinajstić information content (AvgIpc) is 2.46. The Balaban J connectivity index is 0.000000550. The zero-order valence-electron chi connectivity index (χ0n) is 15.6. The summed E-state index contributed by atoms with van der Waals surface area (Å²) in [6.07, 6.45) is 7.44. The molecule has 7 nitrogen and oxygen atoms in total. The van der Waals surface area contributed by atoms with E-state index in [9.17, 15) is 4.79 Å². The second kappa shape index (κ2) is 10.6. The summed E-state index contributed by atoms with van der Waals surface area (Å²) in [4.78, 5) is 36.0. The molecule has 2 fully saturated rings. The van der Waals surface area contributed by atoms with Crippen LogP contribution in [0.25, 0.3) is 0 Å². The molecule has 1 saturated carbocycles. The second-order valence-corrected chi connectivity index (χ2v) is 8.73. The Hall–Kier alpha value is -0.460. The van der Waals surface area contributed by atoms with E-state index in [2.05, 4.69) is 25.7 Å². The lowest BCUT2D eigenvalue weighted by molar-refractivity contribution is -0.157. The standard InChI is InChI=1S/C17H31NO2.H3O4P/c1-13(2)15-8-7-14(3)11-16(15)20-17(19)12-18-9-5-4-6-10-18;1-5(2,3)4/h13-16H,4-12H2,1-3H3;(H3,1,2,3,4). The van der Waals surface area contributed by atoms with Crippen molar-refractivity contribution in [2.45, 2.75) is 65.4 Å². The van der Waals surface area contributed by atoms with E-state index in [0.29, 0.717) is 24.3 Å². The van der Waals surface area contributed by atoms with E-state index >= 15 is 0 Å². The third-order valence-electron chi connectivity index (χ3n) is 5.05. The highest BCUT2D eigenvalue weighted by atomic mass is 31.2. The quantitative estimate of drug-likeness (QED) is 0.509. The van der Waals surface area contributed by atoms with Crippen LogP contribution < -0.4 is 0 Å². The van der Waals surface area contributed by atoms with Crippen molar-refractivity contribution in [3.8, 4) is 0 Å². The Kier molecular flexibility index (Phi) is 9.60. The fourth-order valence-electron chi connectivity index (χ4n) is 3.76. The monoisotopic (exact) mass is 379 g/mol. The summed E-state index contributed by atoms with van der Waals surface area (Å²) >= 11 is 0. The summed E-state index contributed by atoms with van der Waals surface area (Å²) in [5.41, 5.74) is 0. The maximum atomic E-state index is 12.2. The molecule has 0 aromatic heterocycles. The van der Waals surface area contributed by atoms with Crippen molar-refractivity contribution >= 4 is 13.8 Å². The number of hydrogen-bond donors (Lipinski definition) is 3. The minimum atomic E-state index is -4.64. The number of phosphoric acid groups is 1. The van der Waals surface area contributed by atoms with E-state index in [1.165, 1.54) is 32.1 Å². The van der Waals surface area contributed by atoms with Gasteiger partial charge in [-0.3, -0.25) is 9.69 Å². The van der Waals surface area contributed by atoms with Gasteiger partial charge in [0.2, 0.25) is 0 Å². The van der Waals surface area contributed by atoms with Crippen LogP contribution in [0.15, 0.2) is 0 Å². The van der Waals surface area contributed by atoms with E-state index < -0.39 is 7.82 Å². The van der Waals surface area contributed by atoms with Gasteiger partial charge < -0.3 is 19.4 Å². The predicted molar refractivity (Wildman–Crippen MR) is 95.8 cm³/mol. The van der Waals surface area contributed by atoms with Gasteiger partial charge in [0.25, 0.3) is 0 Å². The summed E-state index contributed by atoms with van der Waals surface area (Å²) in [7, 11) is -4.64. The summed E-state index contributed by atoms with van der Waals surface area (Å²) in [6.45, 7) is 9.41. The van der Waals surface area contributed by atoms with E-state index in [0.717, 1.165) is 19.5 Å². The molecule has 3 unspecified atom stereocenters. The van der Waals surface area contributed by atoms with Crippen molar-refractivity contribution in [1.82, 2.24) is 4.90 Å². The van der Waals surface area contributed by atoms with Crippen LogP contribution in [0.5, 0.6) is 0 Å². The van der Waals surface area contributed by atoms with Gasteiger partial charge in [-0.25, -0.2) is 4.57 Å². The van der Waals surface area contributed by atoms with Gasteiger partial charge >= 0.3 is 13.8 Å². The van der Waals surface area contributed by atoms with Gasteiger partial charge in [-0.15, -0.1) is 0 Å². The molecule has 0 amide bonds. The Bertz CT molecular complexity index is 438. The molecular formula is C17H34NO6P. The number of carbonyl (C=O) groups excluding carboxylic acids is 1. The SMILES string of the molecule is CC1CCC(C(C)C)C(OC(=O)CN2CCCCC2)C1.O=P(O)(O)O. The first-order chi connectivity index (χ1) is 11.6. The molecule has 8 heteroatoms. The highest BCUT2D eigenvalue weighted by Gasteiger charge is 2.33. The Morgan fingerprint density at radius 3 is 2.24 bits per heavy atom. The predicted octanol–water partition coefficient (Wildman–Crippen LogP) is 2.55. The molecule has 148 valence electrons. The molecular weight excluding hydrogens is 345 g/mol. The van der Waals surface area contributed by atoms with Crippen molar-refractivity contribution in [1.29, 1.82) is 0 Å². The number of esters is 1. The molecule has 2 rings (SSSR count). The topological polar surface area (TPSA) is 107 Å². The molecule has 0 spiro atoms. The summed E-state index contributed by atoms with van der Waals surface area (Å²) in [5, 5.41) is 0. The first-order valence-corrected chi connectivity index (χ1v) is 10.8. The number of nitrogens with zero attached hydrogens (tertiary/aromatic N) is 1. The van der Waals surface area contributed by atoms with Gasteiger partial charge in [-0.1, -0.05) is 33.6 Å². The van der Waals surface area contributed by atoms with Crippen molar-refractivity contribution in [3.05, 3.63) is 0 Å². The molecule has 3 N–H and O–H groups in total. The number of piperidine rings is 1. The second-order valence-electron chi connectivity index (χ2n) is 7.70. The summed E-state index contributed by atoms with van der Waals surface area (Å²) in [6, 6.07) is 0. The number of ether oxygens (including phenoxy) is 1. The van der Waals surface area contributed by atoms with Crippen LogP contribution in [0, 0.1) is 17.8 Å². The Morgan fingerprint density at radius 2 is 1.72 bits per heavy atom. The van der Waals surface area contributed by atoms with E-state index in [1.54, 1.807) is 0 Å². The van der Waals surface area contributed by atoms with Crippen molar-refractivity contribution in [2.24, 2.45) is 17.8 Å². The van der Waals surface area contributed by atoms with Crippen molar-refractivity contribution < 1.29 is 28.8 Å². The van der Waals surface area contributed by atoms with Gasteiger partial charge in [0.15, 0.2) is 0 Å². The van der Waals surface area contributed by atoms with Gasteiger partial charge in [-0.2, -0.15) is 0 Å². The summed E-state index contributed by atoms with van der Waals surface area (Å²) < 4.78 is 14.7. The van der Waals surface area contributed by atoms with E-state index in [-0.39, 0.29) is 12.1 Å². The van der Waals surface area contributed by atoms with Crippen LogP contribution in [0.4, 0.5) is 0 Å². The zero-order chi connectivity index (χ0) is 19.0. The van der Waals surface area contributed by atoms with Gasteiger partial charge in [0, 0.05) is 0 Å². The molecule has 1 heterocycles. The molecule has 0 bridgehead atoms. The van der Waals surface area contributed by atoms with E-state index in [4.69, 9.17) is 24.0 Å². The van der Waals surface area contributed by atoms with E-state index in [1.807, 2.05) is 0 Å². The number of likely N-dealkylation sites (tertiary alicyclic amines) is 1. The van der Waals surface area contributed by atoms with Gasteiger partial charge in [-0.05, 0) is 56.5 Å². The highest BCUT2D eigenvalue weighted by Crippen LogP contribution is 2.35. The lowest BCUT2D eigenvalue weighted by Gasteiger charge is -2.37. The zero-order valence-corrected chi connectivity index (χ0v) is 16.5. The highest BCUT2D eigenvalue weighted by molar-refractivity contribution is 7.45. The van der Waals surface area contributed by atoms with Gasteiger partial charge in [0.05, 0.1) is 6.54 Å². The normalized spacial score (nSPS) is 28.2. The number of carbonyl (C=O) groups is 1. The minimum absolute atomic E-state index is 0.00310. The lowest BCUT2D eigenvalue weighted by atomic mass is 9.75. The fraction of sp³-hybridized carbons (Fsp3) is 0.941. The van der Waals surface area contributed by atoms with Crippen LogP contribution in [-0.4, -0.2) is 51.3 Å². The average molecular weight is 379 g/mol. The van der Waals surface area contributed by atoms with Gasteiger partial charge in [0.1, 0.15) is 6.10 Å². The maximum absolute atomic E-state index is 12.2. The first-order valence-electron chi connectivity index (χ1n) is 9.26. The molecule has 1 aliphatic carbocycles. The molecule has 0 aromatic rings. The van der Waals surface area contributed by atoms with Crippen LogP contribution in [0.1, 0.15) is 59.3 Å². The van der Waals surface area contributed by atoms with Crippen molar-refractivity contribution in [3.63, 3.8) is 0 Å². The molecule has 0 radical (unpaired) electrons. The molecule has 3 atom stereocenters. The minimum Gasteiger partial charge on any atom is -0.461 e. The molecule has 1 saturated heterocycles. The van der Waals surface area contributed by atoms with Crippen LogP contribution in [0.2, 0.25) is 0 Å². The third kappa shape index (κ3) is 10.3. The molecule has 2 aliphatic rings. The number of rotatable bonds is 4. The Morgan fingerprint density at radius 1 is 1.16 bits per heavy atom. The first kappa shape index (κ1) is 22.6. The molecule has 0 aromatic carbocycles. The Labute approximate surface area is 151 Å². The summed E-state index contributed by atoms with van der Waals surface area (Å²) in [5.74, 6) is 1.85. The fourth-order valence-corrected chi connectivity index (χ4v) is 3.76. The third-order valence-corrected chi connectivity index (χ3v) is 5.05. The number of hydrogen-bond acceptors (Lipinski definition) is 4.